The van der Waals surface area contributed by atoms with Crippen LogP contribution >= 0.6 is 27.3 Å². The number of carbonyl (C=O) groups is 1. The molecule has 2 heterocycles. The van der Waals surface area contributed by atoms with E-state index in [0.29, 0.717) is 10.9 Å². The number of anilines is 2. The van der Waals surface area contributed by atoms with E-state index in [4.69, 9.17) is 0 Å². The number of aryl methyl sites for hydroxylation is 1. The standard InChI is InChI=1S/C14H13BrN6O4S2/c1-27(24,25)20-14-19-18-13(26-14)17-11(22)4-5-21-7-16-10-3-2-8(15)6-9(10)12(21)23/h2-3,6-7H,4-5H2,1H3,(H,19,20)(H,17,18,22). The lowest BCUT2D eigenvalue weighted by Gasteiger charge is -2.06. The van der Waals surface area contributed by atoms with E-state index < -0.39 is 15.9 Å². The Morgan fingerprint density at radius 2 is 2.04 bits per heavy atom. The summed E-state index contributed by atoms with van der Waals surface area (Å²) in [5.41, 5.74) is 0.327. The molecule has 0 radical (unpaired) electrons. The molecule has 0 aliphatic carbocycles. The molecule has 3 rings (SSSR count). The maximum absolute atomic E-state index is 12.5. The lowest BCUT2D eigenvalue weighted by molar-refractivity contribution is -0.116. The first-order valence-electron chi connectivity index (χ1n) is 7.47. The lowest BCUT2D eigenvalue weighted by Crippen LogP contribution is -2.23. The second-order valence-electron chi connectivity index (χ2n) is 5.49. The third kappa shape index (κ3) is 5.08. The van der Waals surface area contributed by atoms with Gasteiger partial charge >= 0.3 is 0 Å². The van der Waals surface area contributed by atoms with E-state index in [0.717, 1.165) is 22.1 Å². The fourth-order valence-electron chi connectivity index (χ4n) is 2.17. The number of carbonyl (C=O) groups excluding carboxylic acids is 1. The normalized spacial score (nSPS) is 11.5. The van der Waals surface area contributed by atoms with Gasteiger partial charge < -0.3 is 5.32 Å². The van der Waals surface area contributed by atoms with E-state index in [1.165, 1.54) is 10.9 Å². The predicted molar refractivity (Wildman–Crippen MR) is 105 cm³/mol. The first-order chi connectivity index (χ1) is 12.7. The Morgan fingerprint density at radius 1 is 1.30 bits per heavy atom. The fraction of sp³-hybridized carbons (Fsp3) is 0.214. The first kappa shape index (κ1) is 19.4. The number of sulfonamides is 1. The van der Waals surface area contributed by atoms with E-state index in [-0.39, 0.29) is 28.8 Å². The van der Waals surface area contributed by atoms with Crippen LogP contribution in [0.2, 0.25) is 0 Å². The minimum Gasteiger partial charge on any atom is -0.300 e. The number of halogens is 1. The highest BCUT2D eigenvalue weighted by molar-refractivity contribution is 9.10. The molecule has 10 nitrogen and oxygen atoms in total. The van der Waals surface area contributed by atoms with Crippen molar-refractivity contribution < 1.29 is 13.2 Å². The van der Waals surface area contributed by atoms with Gasteiger partial charge in [-0.1, -0.05) is 27.3 Å². The Bertz CT molecular complexity index is 1170. The summed E-state index contributed by atoms with van der Waals surface area (Å²) < 4.78 is 26.6. The number of rotatable bonds is 6. The van der Waals surface area contributed by atoms with E-state index in [2.05, 4.69) is 41.2 Å². The van der Waals surface area contributed by atoms with Gasteiger partial charge in [-0.2, -0.15) is 0 Å². The van der Waals surface area contributed by atoms with Gasteiger partial charge in [0, 0.05) is 17.4 Å². The van der Waals surface area contributed by atoms with Crippen LogP contribution < -0.4 is 15.6 Å². The Labute approximate surface area is 165 Å². The van der Waals surface area contributed by atoms with Crippen LogP contribution in [0.4, 0.5) is 10.3 Å². The third-order valence-electron chi connectivity index (χ3n) is 3.31. The predicted octanol–water partition coefficient (Wildman–Crippen LogP) is 1.41. The number of amides is 1. The van der Waals surface area contributed by atoms with Gasteiger partial charge in [-0.05, 0) is 18.2 Å². The van der Waals surface area contributed by atoms with Crippen LogP contribution in [0.25, 0.3) is 10.9 Å². The average molecular weight is 473 g/mol. The monoisotopic (exact) mass is 472 g/mol. The van der Waals surface area contributed by atoms with E-state index in [1.54, 1.807) is 18.2 Å². The number of nitrogens with zero attached hydrogens (tertiary/aromatic N) is 4. The zero-order valence-electron chi connectivity index (χ0n) is 13.8. The number of aromatic nitrogens is 4. The molecule has 0 saturated carbocycles. The number of fused-ring (bicyclic) bond motifs is 1. The van der Waals surface area contributed by atoms with Gasteiger partial charge in [0.1, 0.15) is 0 Å². The van der Waals surface area contributed by atoms with Crippen LogP contribution in [0.5, 0.6) is 0 Å². The summed E-state index contributed by atoms with van der Waals surface area (Å²) >= 11 is 4.20. The SMILES string of the molecule is CS(=O)(=O)Nc1nnc(NC(=O)CCn2cnc3ccc(Br)cc3c2=O)s1. The Balaban J connectivity index is 1.65. The minimum absolute atomic E-state index is 0.00944. The molecule has 1 amide bonds. The highest BCUT2D eigenvalue weighted by Gasteiger charge is 2.12. The summed E-state index contributed by atoms with van der Waals surface area (Å²) in [5.74, 6) is -0.390. The molecule has 0 bridgehead atoms. The van der Waals surface area contributed by atoms with Gasteiger partial charge in [-0.3, -0.25) is 18.9 Å². The van der Waals surface area contributed by atoms with Gasteiger partial charge in [0.05, 0.1) is 23.5 Å². The molecule has 0 aliphatic rings. The average Bonchev–Trinajstić information content (AvgIpc) is 2.99. The van der Waals surface area contributed by atoms with Gasteiger partial charge in [0.25, 0.3) is 5.56 Å². The quantitative estimate of drug-likeness (QED) is 0.553. The van der Waals surface area contributed by atoms with Gasteiger partial charge in [0.2, 0.25) is 26.2 Å². The van der Waals surface area contributed by atoms with Gasteiger partial charge in [0.15, 0.2) is 0 Å². The second kappa shape index (κ2) is 7.70. The van der Waals surface area contributed by atoms with Crippen molar-refractivity contribution in [1.29, 1.82) is 0 Å². The molecule has 2 N–H and O–H groups in total. The van der Waals surface area contributed by atoms with Crippen LogP contribution in [-0.2, 0) is 21.4 Å². The molecule has 1 aromatic carbocycles. The van der Waals surface area contributed by atoms with Gasteiger partial charge in [-0.25, -0.2) is 13.4 Å². The molecule has 0 atom stereocenters. The van der Waals surface area contributed by atoms with Crippen molar-refractivity contribution in [1.82, 2.24) is 19.7 Å². The molecule has 27 heavy (non-hydrogen) atoms. The second-order valence-corrected chi connectivity index (χ2v) is 9.13. The van der Waals surface area contributed by atoms with Crippen molar-refractivity contribution in [2.24, 2.45) is 0 Å². The highest BCUT2D eigenvalue weighted by Crippen LogP contribution is 2.20. The van der Waals surface area contributed by atoms with Crippen LogP contribution in [0.1, 0.15) is 6.42 Å². The first-order valence-corrected chi connectivity index (χ1v) is 11.0. The molecule has 0 spiro atoms. The van der Waals surface area contributed by atoms with Crippen LogP contribution in [-0.4, -0.2) is 40.3 Å². The maximum atomic E-state index is 12.5. The third-order valence-corrected chi connectivity index (χ3v) is 5.25. The smallest absolute Gasteiger partial charge is 0.261 e. The molecule has 2 aromatic heterocycles. The molecule has 0 aliphatic heterocycles. The molecule has 0 unspecified atom stereocenters. The lowest BCUT2D eigenvalue weighted by atomic mass is 10.2. The molecular weight excluding hydrogens is 460 g/mol. The molecule has 0 saturated heterocycles. The fourth-order valence-corrected chi connectivity index (χ4v) is 4.02. The summed E-state index contributed by atoms with van der Waals surface area (Å²) in [6, 6.07) is 5.20. The Hall–Kier alpha value is -2.38. The zero-order valence-corrected chi connectivity index (χ0v) is 17.1. The summed E-state index contributed by atoms with van der Waals surface area (Å²) in [5, 5.41) is 10.5. The van der Waals surface area contributed by atoms with Gasteiger partial charge in [-0.15, -0.1) is 10.2 Å². The van der Waals surface area contributed by atoms with E-state index in [1.807, 2.05) is 0 Å². The van der Waals surface area contributed by atoms with Crippen molar-refractivity contribution in [2.75, 3.05) is 16.3 Å². The molecule has 142 valence electrons. The number of benzene rings is 1. The molecule has 13 heteroatoms. The minimum atomic E-state index is -3.47. The number of hydrogen-bond acceptors (Lipinski definition) is 8. The van der Waals surface area contributed by atoms with Crippen molar-refractivity contribution in [3.05, 3.63) is 39.4 Å². The van der Waals surface area contributed by atoms with Crippen molar-refractivity contribution in [3.63, 3.8) is 0 Å². The molecule has 3 aromatic rings. The van der Waals surface area contributed by atoms with Crippen molar-refractivity contribution in [3.8, 4) is 0 Å². The van der Waals surface area contributed by atoms with E-state index >= 15 is 0 Å². The molecular formula is C14H13BrN6O4S2. The summed E-state index contributed by atoms with van der Waals surface area (Å²) in [6.07, 6.45) is 2.39. The highest BCUT2D eigenvalue weighted by atomic mass is 79.9. The number of hydrogen-bond donors (Lipinski definition) is 2. The van der Waals surface area contributed by atoms with Crippen LogP contribution in [0.15, 0.2) is 33.8 Å². The maximum Gasteiger partial charge on any atom is 0.261 e. The summed E-state index contributed by atoms with van der Waals surface area (Å²) in [4.78, 5) is 28.7. The largest absolute Gasteiger partial charge is 0.300 e. The Morgan fingerprint density at radius 3 is 2.78 bits per heavy atom. The van der Waals surface area contributed by atoms with E-state index in [9.17, 15) is 18.0 Å². The zero-order chi connectivity index (χ0) is 19.6. The topological polar surface area (TPSA) is 136 Å². The van der Waals surface area contributed by atoms with Crippen LogP contribution in [0, 0.1) is 0 Å². The van der Waals surface area contributed by atoms with Crippen molar-refractivity contribution >= 4 is 64.4 Å². The van der Waals surface area contributed by atoms with Crippen LogP contribution in [0.3, 0.4) is 0 Å². The number of nitrogens with one attached hydrogen (secondary N) is 2. The molecule has 0 fully saturated rings. The summed E-state index contributed by atoms with van der Waals surface area (Å²) in [7, 11) is -3.47. The Kier molecular flexibility index (Phi) is 5.53. The summed E-state index contributed by atoms with van der Waals surface area (Å²) in [6.45, 7) is 0.132. The van der Waals surface area contributed by atoms with Crippen molar-refractivity contribution in [2.45, 2.75) is 13.0 Å².